The van der Waals surface area contributed by atoms with E-state index in [0.29, 0.717) is 18.7 Å². The van der Waals surface area contributed by atoms with E-state index in [0.717, 1.165) is 65.9 Å². The van der Waals surface area contributed by atoms with Gasteiger partial charge in [-0.3, -0.25) is 14.7 Å². The van der Waals surface area contributed by atoms with E-state index in [1.54, 1.807) is 10.9 Å². The molecule has 1 saturated heterocycles. The summed E-state index contributed by atoms with van der Waals surface area (Å²) in [6, 6.07) is 24.2. The highest BCUT2D eigenvalue weighted by atomic mass is 16.1. The van der Waals surface area contributed by atoms with Crippen LogP contribution in [0, 0.1) is 0 Å². The third kappa shape index (κ3) is 5.93. The lowest BCUT2D eigenvalue weighted by molar-refractivity contribution is 0.0949. The third-order valence-corrected chi connectivity index (χ3v) is 7.62. The van der Waals surface area contributed by atoms with Crippen molar-refractivity contribution in [3.63, 3.8) is 0 Å². The summed E-state index contributed by atoms with van der Waals surface area (Å²) in [5.74, 6) is -0.0894. The topological polar surface area (TPSA) is 79.2 Å². The zero-order chi connectivity index (χ0) is 27.3. The number of likely N-dealkylation sites (N-methyl/N-ethyl adjacent to an activating group) is 1. The maximum atomic E-state index is 13.3. The minimum atomic E-state index is -0.0894. The smallest absolute Gasteiger partial charge is 0.251 e. The SMILES string of the molecule is CN1CCN(Cc2ccccc2CNC(=O)c2ccccc2Cn2cc(-c3ccc4cnccc4c3)nn2)CC1. The Labute approximate surface area is 234 Å². The first-order valence-electron chi connectivity index (χ1n) is 13.7. The van der Waals surface area contributed by atoms with Gasteiger partial charge in [-0.1, -0.05) is 59.8 Å². The highest BCUT2D eigenvalue weighted by Gasteiger charge is 2.17. The van der Waals surface area contributed by atoms with Crippen LogP contribution in [0.25, 0.3) is 22.0 Å². The molecule has 0 aliphatic carbocycles. The van der Waals surface area contributed by atoms with Crippen molar-refractivity contribution in [2.75, 3.05) is 33.2 Å². The maximum absolute atomic E-state index is 13.3. The molecule has 40 heavy (non-hydrogen) atoms. The Hall–Kier alpha value is -4.40. The summed E-state index contributed by atoms with van der Waals surface area (Å²) < 4.78 is 1.78. The number of rotatable bonds is 8. The summed E-state index contributed by atoms with van der Waals surface area (Å²) in [5.41, 5.74) is 5.74. The van der Waals surface area contributed by atoms with Crippen molar-refractivity contribution in [1.82, 2.24) is 35.1 Å². The van der Waals surface area contributed by atoms with Gasteiger partial charge in [0.2, 0.25) is 0 Å². The van der Waals surface area contributed by atoms with Gasteiger partial charge in [0, 0.05) is 68.2 Å². The Morgan fingerprint density at radius 3 is 2.48 bits per heavy atom. The predicted octanol–water partition coefficient (Wildman–Crippen LogP) is 4.22. The largest absolute Gasteiger partial charge is 0.348 e. The Bertz CT molecular complexity index is 1620. The van der Waals surface area contributed by atoms with Gasteiger partial charge in [-0.05, 0) is 47.3 Å². The second-order valence-corrected chi connectivity index (χ2v) is 10.4. The molecule has 1 N–H and O–H groups in total. The Morgan fingerprint density at radius 2 is 1.62 bits per heavy atom. The van der Waals surface area contributed by atoms with Crippen LogP contribution in [0.15, 0.2) is 91.4 Å². The molecule has 1 aliphatic heterocycles. The van der Waals surface area contributed by atoms with E-state index in [4.69, 9.17) is 0 Å². The molecule has 3 heterocycles. The fourth-order valence-electron chi connectivity index (χ4n) is 5.21. The second-order valence-electron chi connectivity index (χ2n) is 10.4. The van der Waals surface area contributed by atoms with Crippen molar-refractivity contribution in [3.8, 4) is 11.3 Å². The summed E-state index contributed by atoms with van der Waals surface area (Å²) in [7, 11) is 2.17. The number of fused-ring (bicyclic) bond motifs is 1. The van der Waals surface area contributed by atoms with Crippen molar-refractivity contribution in [1.29, 1.82) is 0 Å². The van der Waals surface area contributed by atoms with Crippen LogP contribution in [0.2, 0.25) is 0 Å². The summed E-state index contributed by atoms with van der Waals surface area (Å²) in [5, 5.41) is 14.1. The van der Waals surface area contributed by atoms with Crippen molar-refractivity contribution in [2.24, 2.45) is 0 Å². The van der Waals surface area contributed by atoms with Crippen LogP contribution in [0.4, 0.5) is 0 Å². The molecular formula is C32H33N7O. The van der Waals surface area contributed by atoms with Crippen LogP contribution in [0.1, 0.15) is 27.0 Å². The highest BCUT2D eigenvalue weighted by molar-refractivity contribution is 5.95. The molecule has 6 rings (SSSR count). The van der Waals surface area contributed by atoms with E-state index in [9.17, 15) is 4.79 Å². The van der Waals surface area contributed by atoms with Gasteiger partial charge in [-0.25, -0.2) is 4.68 Å². The Morgan fingerprint density at radius 1 is 0.850 bits per heavy atom. The van der Waals surface area contributed by atoms with E-state index < -0.39 is 0 Å². The number of hydrogen-bond acceptors (Lipinski definition) is 6. The first-order chi connectivity index (χ1) is 19.6. The van der Waals surface area contributed by atoms with Crippen molar-refractivity contribution in [2.45, 2.75) is 19.6 Å². The normalized spacial score (nSPS) is 14.4. The van der Waals surface area contributed by atoms with Crippen LogP contribution in [0.3, 0.4) is 0 Å². The molecule has 2 aromatic heterocycles. The van der Waals surface area contributed by atoms with E-state index in [1.807, 2.05) is 60.9 Å². The Balaban J connectivity index is 1.13. The number of nitrogens with one attached hydrogen (secondary N) is 1. The van der Waals surface area contributed by atoms with E-state index in [1.165, 1.54) is 5.56 Å². The molecule has 0 unspecified atom stereocenters. The summed E-state index contributed by atoms with van der Waals surface area (Å²) in [6.07, 6.45) is 5.56. The number of piperazine rings is 1. The summed E-state index contributed by atoms with van der Waals surface area (Å²) in [4.78, 5) is 22.4. The van der Waals surface area contributed by atoms with Crippen molar-refractivity contribution in [3.05, 3.63) is 114 Å². The van der Waals surface area contributed by atoms with Crippen molar-refractivity contribution < 1.29 is 4.79 Å². The first-order valence-corrected chi connectivity index (χ1v) is 13.7. The molecule has 1 aliphatic rings. The number of aromatic nitrogens is 4. The molecule has 1 amide bonds. The lowest BCUT2D eigenvalue weighted by atomic mass is 10.0. The molecule has 0 saturated carbocycles. The standard InChI is InChI=1S/C32H33N7O/c1-37-14-16-38(17-15-37)21-28-7-3-2-6-26(28)20-34-32(40)30-9-5-4-8-29(30)22-39-23-31(35-36-39)25-10-11-27-19-33-13-12-24(27)18-25/h2-13,18-19,23H,14-17,20-22H2,1H3,(H,34,40). The highest BCUT2D eigenvalue weighted by Crippen LogP contribution is 2.22. The number of nitrogens with zero attached hydrogens (tertiary/aromatic N) is 6. The van der Waals surface area contributed by atoms with Gasteiger partial charge in [-0.15, -0.1) is 5.10 Å². The van der Waals surface area contributed by atoms with Crippen LogP contribution in [-0.2, 0) is 19.6 Å². The van der Waals surface area contributed by atoms with Gasteiger partial charge < -0.3 is 10.2 Å². The van der Waals surface area contributed by atoms with Crippen LogP contribution < -0.4 is 5.32 Å². The van der Waals surface area contributed by atoms with Gasteiger partial charge in [0.25, 0.3) is 5.91 Å². The number of carbonyl (C=O) groups is 1. The molecule has 8 heteroatoms. The second kappa shape index (κ2) is 11.8. The molecule has 3 aromatic carbocycles. The lowest BCUT2D eigenvalue weighted by Crippen LogP contribution is -2.44. The van der Waals surface area contributed by atoms with E-state index >= 15 is 0 Å². The number of hydrogen-bond donors (Lipinski definition) is 1. The van der Waals surface area contributed by atoms with Crippen molar-refractivity contribution >= 4 is 16.7 Å². The molecule has 0 bridgehead atoms. The molecule has 5 aromatic rings. The average molecular weight is 532 g/mol. The molecule has 0 spiro atoms. The van der Waals surface area contributed by atoms with Gasteiger partial charge in [0.15, 0.2) is 0 Å². The molecule has 1 fully saturated rings. The maximum Gasteiger partial charge on any atom is 0.251 e. The van der Waals surface area contributed by atoms with Gasteiger partial charge in [0.05, 0.1) is 12.7 Å². The molecular weight excluding hydrogens is 498 g/mol. The minimum absolute atomic E-state index is 0.0894. The number of benzene rings is 3. The fourth-order valence-corrected chi connectivity index (χ4v) is 5.21. The van der Waals surface area contributed by atoms with E-state index in [2.05, 4.69) is 61.7 Å². The van der Waals surface area contributed by atoms with Gasteiger partial charge in [0.1, 0.15) is 5.69 Å². The zero-order valence-corrected chi connectivity index (χ0v) is 22.7. The molecule has 8 nitrogen and oxygen atoms in total. The Kier molecular flexibility index (Phi) is 7.61. The van der Waals surface area contributed by atoms with Crippen LogP contribution in [0.5, 0.6) is 0 Å². The molecule has 0 radical (unpaired) electrons. The van der Waals surface area contributed by atoms with Gasteiger partial charge >= 0.3 is 0 Å². The fraction of sp³-hybridized carbons (Fsp3) is 0.250. The summed E-state index contributed by atoms with van der Waals surface area (Å²) in [6.45, 7) is 6.14. The number of amides is 1. The van der Waals surface area contributed by atoms with Crippen LogP contribution in [-0.4, -0.2) is 68.9 Å². The number of carbonyl (C=O) groups excluding carboxylic acids is 1. The average Bonchev–Trinajstić information content (AvgIpc) is 3.46. The lowest BCUT2D eigenvalue weighted by Gasteiger charge is -2.32. The number of pyridine rings is 1. The van der Waals surface area contributed by atoms with Crippen LogP contribution >= 0.6 is 0 Å². The first kappa shape index (κ1) is 25.9. The quantitative estimate of drug-likeness (QED) is 0.323. The molecule has 0 atom stereocenters. The predicted molar refractivity (Wildman–Crippen MR) is 157 cm³/mol. The van der Waals surface area contributed by atoms with Gasteiger partial charge in [-0.2, -0.15) is 0 Å². The minimum Gasteiger partial charge on any atom is -0.348 e. The zero-order valence-electron chi connectivity index (χ0n) is 22.7. The summed E-state index contributed by atoms with van der Waals surface area (Å²) >= 11 is 0. The molecule has 202 valence electrons. The monoisotopic (exact) mass is 531 g/mol. The third-order valence-electron chi connectivity index (χ3n) is 7.62. The van der Waals surface area contributed by atoms with E-state index in [-0.39, 0.29) is 5.91 Å².